The van der Waals surface area contributed by atoms with Gasteiger partial charge >= 0.3 is 0 Å². The van der Waals surface area contributed by atoms with Crippen molar-refractivity contribution in [1.29, 1.82) is 0 Å². The largest absolute Gasteiger partial charge is 0.0654 e. The first-order chi connectivity index (χ1) is 9.39. The van der Waals surface area contributed by atoms with Crippen molar-refractivity contribution in [3.8, 4) is 0 Å². The van der Waals surface area contributed by atoms with E-state index < -0.39 is 0 Å². The van der Waals surface area contributed by atoms with Gasteiger partial charge in [-0.2, -0.15) is 0 Å². The number of rotatable bonds is 8. The Labute approximate surface area is 129 Å². The van der Waals surface area contributed by atoms with Gasteiger partial charge in [0.2, 0.25) is 0 Å². The molecule has 0 nitrogen and oxygen atoms in total. The first-order valence-electron chi connectivity index (χ1n) is 9.39. The average Bonchev–Trinajstić information content (AvgIpc) is 2.67. The van der Waals surface area contributed by atoms with Crippen LogP contribution in [0.1, 0.15) is 99.8 Å². The maximum Gasteiger partial charge on any atom is -0.0244 e. The molecule has 1 aliphatic carbocycles. The summed E-state index contributed by atoms with van der Waals surface area (Å²) < 4.78 is 0. The summed E-state index contributed by atoms with van der Waals surface area (Å²) in [7, 11) is 0. The van der Waals surface area contributed by atoms with Gasteiger partial charge in [0.1, 0.15) is 0 Å². The lowest BCUT2D eigenvalue weighted by Gasteiger charge is -2.47. The lowest BCUT2D eigenvalue weighted by molar-refractivity contribution is 0.0226. The van der Waals surface area contributed by atoms with Crippen molar-refractivity contribution in [3.63, 3.8) is 0 Å². The molecule has 1 fully saturated rings. The van der Waals surface area contributed by atoms with E-state index in [0.29, 0.717) is 10.8 Å². The third-order valence-electron chi connectivity index (χ3n) is 7.37. The van der Waals surface area contributed by atoms with Gasteiger partial charge in [0.15, 0.2) is 0 Å². The molecule has 1 rings (SSSR count). The minimum absolute atomic E-state index is 0.558. The fraction of sp³-hybridized carbons (Fsp3) is 1.00. The molecule has 0 radical (unpaired) electrons. The molecule has 0 aliphatic heterocycles. The lowest BCUT2D eigenvalue weighted by atomic mass is 9.58. The summed E-state index contributed by atoms with van der Waals surface area (Å²) in [6, 6.07) is 0. The molecule has 0 saturated heterocycles. The van der Waals surface area contributed by atoms with Crippen LogP contribution in [0.4, 0.5) is 0 Å². The summed E-state index contributed by atoms with van der Waals surface area (Å²) in [4.78, 5) is 0. The maximum absolute atomic E-state index is 2.61. The molecule has 0 spiro atoms. The first-order valence-corrected chi connectivity index (χ1v) is 9.39. The highest BCUT2D eigenvalue weighted by Crippen LogP contribution is 2.64. The molecule has 0 heterocycles. The Morgan fingerprint density at radius 2 is 1.50 bits per heavy atom. The molecule has 0 amide bonds. The molecule has 0 aromatic heterocycles. The Balaban J connectivity index is 2.86. The monoisotopic (exact) mass is 280 g/mol. The number of hydrogen-bond acceptors (Lipinski definition) is 0. The summed E-state index contributed by atoms with van der Waals surface area (Å²) in [5.74, 6) is 2.82. The molecule has 1 aliphatic rings. The highest BCUT2D eigenvalue weighted by Gasteiger charge is 2.56. The van der Waals surface area contributed by atoms with Crippen molar-refractivity contribution in [2.24, 2.45) is 28.6 Å². The Morgan fingerprint density at radius 1 is 0.950 bits per heavy atom. The van der Waals surface area contributed by atoms with E-state index >= 15 is 0 Å². The van der Waals surface area contributed by atoms with Crippen LogP contribution in [0.25, 0.3) is 0 Å². The normalized spacial score (nSPS) is 39.1. The third-order valence-corrected chi connectivity index (χ3v) is 7.37. The second-order valence-electron chi connectivity index (χ2n) is 8.06. The summed E-state index contributed by atoms with van der Waals surface area (Å²) in [5, 5.41) is 0. The molecule has 0 aromatic carbocycles. The molecule has 20 heavy (non-hydrogen) atoms. The van der Waals surface area contributed by atoms with Crippen molar-refractivity contribution >= 4 is 0 Å². The van der Waals surface area contributed by atoms with Crippen molar-refractivity contribution in [3.05, 3.63) is 0 Å². The molecular weight excluding hydrogens is 240 g/mol. The maximum atomic E-state index is 2.61. The molecule has 0 heteroatoms. The van der Waals surface area contributed by atoms with E-state index in [9.17, 15) is 0 Å². The topological polar surface area (TPSA) is 0 Å². The molecule has 120 valence electrons. The van der Waals surface area contributed by atoms with Crippen LogP contribution in [0.5, 0.6) is 0 Å². The zero-order chi connectivity index (χ0) is 15.4. The van der Waals surface area contributed by atoms with Crippen LogP contribution >= 0.6 is 0 Å². The van der Waals surface area contributed by atoms with Gasteiger partial charge in [-0.25, -0.2) is 0 Å². The summed E-state index contributed by atoms with van der Waals surface area (Å²) in [6.07, 6.45) is 11.3. The fourth-order valence-electron chi connectivity index (χ4n) is 5.31. The predicted octanol–water partition coefficient (Wildman–Crippen LogP) is 7.08. The molecule has 0 aromatic rings. The summed E-state index contributed by atoms with van der Waals surface area (Å²) in [5.41, 5.74) is 1.12. The standard InChI is InChI=1S/C20H40/c1-8-12-13-16(5)14-18-15-17(9-2)19(6,10-3)20(18,7)11-4/h16-18H,8-15H2,1-7H3. The minimum Gasteiger partial charge on any atom is -0.0654 e. The zero-order valence-electron chi connectivity index (χ0n) is 15.4. The van der Waals surface area contributed by atoms with Crippen LogP contribution < -0.4 is 0 Å². The van der Waals surface area contributed by atoms with Crippen molar-refractivity contribution < 1.29 is 0 Å². The SMILES string of the molecule is CCCCC(C)CC1CC(CC)C(C)(CC)C1(C)CC. The van der Waals surface area contributed by atoms with Crippen LogP contribution in [0.15, 0.2) is 0 Å². The van der Waals surface area contributed by atoms with Crippen molar-refractivity contribution in [2.45, 2.75) is 99.8 Å². The van der Waals surface area contributed by atoms with E-state index in [4.69, 9.17) is 0 Å². The highest BCUT2D eigenvalue weighted by molar-refractivity contribution is 5.05. The molecule has 1 saturated carbocycles. The van der Waals surface area contributed by atoms with Crippen LogP contribution in [0, 0.1) is 28.6 Å². The van der Waals surface area contributed by atoms with Gasteiger partial charge in [0.05, 0.1) is 0 Å². The smallest absolute Gasteiger partial charge is 0.0244 e. The predicted molar refractivity (Wildman–Crippen MR) is 92.0 cm³/mol. The minimum atomic E-state index is 0.558. The van der Waals surface area contributed by atoms with Crippen LogP contribution in [0.2, 0.25) is 0 Å². The second kappa shape index (κ2) is 7.32. The molecule has 5 unspecified atom stereocenters. The first kappa shape index (κ1) is 18.1. The number of unbranched alkanes of at least 4 members (excludes halogenated alkanes) is 1. The molecular formula is C20H40. The van der Waals surface area contributed by atoms with Crippen LogP contribution in [-0.4, -0.2) is 0 Å². The van der Waals surface area contributed by atoms with Crippen molar-refractivity contribution in [1.82, 2.24) is 0 Å². The van der Waals surface area contributed by atoms with Crippen LogP contribution in [-0.2, 0) is 0 Å². The van der Waals surface area contributed by atoms with E-state index in [1.54, 1.807) is 0 Å². The number of hydrogen-bond donors (Lipinski definition) is 0. The van der Waals surface area contributed by atoms with Gasteiger partial charge in [0.25, 0.3) is 0 Å². The third kappa shape index (κ3) is 3.09. The van der Waals surface area contributed by atoms with Gasteiger partial charge in [0, 0.05) is 0 Å². The summed E-state index contributed by atoms with van der Waals surface area (Å²) >= 11 is 0. The molecule has 5 atom stereocenters. The van der Waals surface area contributed by atoms with Gasteiger partial charge < -0.3 is 0 Å². The Kier molecular flexibility index (Phi) is 6.61. The molecule has 0 N–H and O–H groups in total. The lowest BCUT2D eigenvalue weighted by Crippen LogP contribution is -2.39. The molecule has 0 bridgehead atoms. The van der Waals surface area contributed by atoms with E-state index in [1.165, 1.54) is 51.4 Å². The Hall–Kier alpha value is 0. The van der Waals surface area contributed by atoms with E-state index in [0.717, 1.165) is 17.8 Å². The van der Waals surface area contributed by atoms with E-state index in [1.807, 2.05) is 0 Å². The Morgan fingerprint density at radius 3 is 1.95 bits per heavy atom. The average molecular weight is 281 g/mol. The quantitative estimate of drug-likeness (QED) is 0.445. The zero-order valence-corrected chi connectivity index (χ0v) is 15.4. The van der Waals surface area contributed by atoms with E-state index in [-0.39, 0.29) is 0 Å². The van der Waals surface area contributed by atoms with Gasteiger partial charge in [-0.3, -0.25) is 0 Å². The van der Waals surface area contributed by atoms with E-state index in [2.05, 4.69) is 48.5 Å². The second-order valence-corrected chi connectivity index (χ2v) is 8.06. The summed E-state index contributed by atoms with van der Waals surface area (Å²) in [6.45, 7) is 17.3. The highest BCUT2D eigenvalue weighted by atomic mass is 14.6. The van der Waals surface area contributed by atoms with Crippen molar-refractivity contribution in [2.75, 3.05) is 0 Å². The van der Waals surface area contributed by atoms with Crippen LogP contribution in [0.3, 0.4) is 0 Å². The Bertz CT molecular complexity index is 282. The van der Waals surface area contributed by atoms with Gasteiger partial charge in [-0.05, 0) is 54.3 Å². The van der Waals surface area contributed by atoms with Gasteiger partial charge in [-0.15, -0.1) is 0 Å². The fourth-order valence-corrected chi connectivity index (χ4v) is 5.31. The van der Waals surface area contributed by atoms with Gasteiger partial charge in [-0.1, -0.05) is 74.1 Å².